The Hall–Kier alpha value is -1.34. The van der Waals surface area contributed by atoms with E-state index in [0.29, 0.717) is 11.1 Å². The van der Waals surface area contributed by atoms with Crippen molar-refractivity contribution in [3.05, 3.63) is 48.5 Å². The molecule has 2 rings (SSSR count). The lowest BCUT2D eigenvalue weighted by molar-refractivity contribution is 0.535. The molecular formula is C12H8O4S2-2. The molecule has 0 bridgehead atoms. The van der Waals surface area contributed by atoms with Crippen molar-refractivity contribution in [3.63, 3.8) is 0 Å². The predicted molar refractivity (Wildman–Crippen MR) is 66.2 cm³/mol. The van der Waals surface area contributed by atoms with Crippen LogP contribution in [0.2, 0.25) is 0 Å². The molecule has 0 aliphatic heterocycles. The predicted octanol–water partition coefficient (Wildman–Crippen LogP) is 1.83. The van der Waals surface area contributed by atoms with Crippen molar-refractivity contribution >= 4 is 22.2 Å². The summed E-state index contributed by atoms with van der Waals surface area (Å²) in [5.74, 6) is 0. The average Bonchev–Trinajstić information content (AvgIpc) is 2.39. The van der Waals surface area contributed by atoms with E-state index in [2.05, 4.69) is 0 Å². The third-order valence-corrected chi connectivity index (χ3v) is 3.80. The number of rotatable bonds is 3. The summed E-state index contributed by atoms with van der Waals surface area (Å²) >= 11 is -4.61. The van der Waals surface area contributed by atoms with Crippen LogP contribution in [0.4, 0.5) is 0 Å². The van der Waals surface area contributed by atoms with Gasteiger partial charge in [0.15, 0.2) is 0 Å². The van der Waals surface area contributed by atoms with Crippen LogP contribution >= 0.6 is 0 Å². The largest absolute Gasteiger partial charge is 0.768 e. The molecule has 0 fully saturated rings. The SMILES string of the molecule is O=S([O-])c1ccc(-c2ccccc2S(=O)[O-])cc1. The van der Waals surface area contributed by atoms with E-state index >= 15 is 0 Å². The molecule has 0 saturated carbocycles. The quantitative estimate of drug-likeness (QED) is 0.803. The molecule has 0 aliphatic carbocycles. The van der Waals surface area contributed by atoms with Gasteiger partial charge in [-0.2, -0.15) is 0 Å². The first-order valence-electron chi connectivity index (χ1n) is 4.97. The van der Waals surface area contributed by atoms with Crippen molar-refractivity contribution < 1.29 is 17.5 Å². The highest BCUT2D eigenvalue weighted by molar-refractivity contribution is 7.79. The first-order valence-corrected chi connectivity index (χ1v) is 7.12. The highest BCUT2D eigenvalue weighted by Crippen LogP contribution is 2.26. The van der Waals surface area contributed by atoms with Gasteiger partial charge in [0, 0.05) is 9.79 Å². The van der Waals surface area contributed by atoms with Crippen LogP contribution < -0.4 is 0 Å². The molecule has 2 unspecified atom stereocenters. The zero-order valence-electron chi connectivity index (χ0n) is 9.07. The van der Waals surface area contributed by atoms with Gasteiger partial charge in [0.1, 0.15) is 0 Å². The van der Waals surface area contributed by atoms with Gasteiger partial charge in [-0.05, 0) is 51.5 Å². The van der Waals surface area contributed by atoms with Gasteiger partial charge in [0.05, 0.1) is 0 Å². The molecule has 0 spiro atoms. The van der Waals surface area contributed by atoms with Crippen LogP contribution in [0.5, 0.6) is 0 Å². The summed E-state index contributed by atoms with van der Waals surface area (Å²) in [6.07, 6.45) is 0. The van der Waals surface area contributed by atoms with Gasteiger partial charge in [0.2, 0.25) is 0 Å². The molecule has 0 aliphatic rings. The van der Waals surface area contributed by atoms with Crippen molar-refractivity contribution in [3.8, 4) is 11.1 Å². The van der Waals surface area contributed by atoms with Crippen LogP contribution in [0.25, 0.3) is 11.1 Å². The molecule has 0 radical (unpaired) electrons. The Bertz CT molecular complexity index is 608. The van der Waals surface area contributed by atoms with Gasteiger partial charge >= 0.3 is 0 Å². The maximum atomic E-state index is 11.1. The minimum absolute atomic E-state index is 0.166. The Balaban J connectivity index is 2.49. The summed E-state index contributed by atoms with van der Waals surface area (Å²) in [5.41, 5.74) is 1.21. The molecule has 2 atom stereocenters. The summed E-state index contributed by atoms with van der Waals surface area (Å²) in [5, 5.41) is 0. The second-order valence-electron chi connectivity index (χ2n) is 3.49. The number of hydrogen-bond donors (Lipinski definition) is 0. The molecule has 94 valence electrons. The first kappa shape index (κ1) is 13.1. The third-order valence-electron chi connectivity index (χ3n) is 2.42. The molecular weight excluding hydrogens is 272 g/mol. The Morgan fingerprint density at radius 1 is 0.778 bits per heavy atom. The zero-order valence-corrected chi connectivity index (χ0v) is 10.7. The molecule has 0 N–H and O–H groups in total. The molecule has 2 aromatic rings. The minimum Gasteiger partial charge on any atom is -0.768 e. The summed E-state index contributed by atoms with van der Waals surface area (Å²) in [4.78, 5) is 0.355. The van der Waals surface area contributed by atoms with Gasteiger partial charge in [0.25, 0.3) is 0 Å². The molecule has 18 heavy (non-hydrogen) atoms. The van der Waals surface area contributed by atoms with E-state index in [4.69, 9.17) is 0 Å². The Labute approximate surface area is 109 Å². The van der Waals surface area contributed by atoms with Crippen molar-refractivity contribution in [1.82, 2.24) is 0 Å². The second-order valence-corrected chi connectivity index (χ2v) is 5.34. The smallest absolute Gasteiger partial charge is 0.0327 e. The normalized spacial score (nSPS) is 14.1. The van der Waals surface area contributed by atoms with E-state index in [0.717, 1.165) is 0 Å². The highest BCUT2D eigenvalue weighted by Gasteiger charge is 2.05. The lowest BCUT2D eigenvalue weighted by Crippen LogP contribution is -1.93. The molecule has 0 saturated heterocycles. The van der Waals surface area contributed by atoms with E-state index in [-0.39, 0.29) is 9.79 Å². The van der Waals surface area contributed by atoms with E-state index in [1.54, 1.807) is 30.3 Å². The molecule has 0 aromatic heterocycles. The van der Waals surface area contributed by atoms with Crippen molar-refractivity contribution in [1.29, 1.82) is 0 Å². The standard InChI is InChI=1S/C12H10O4S2/c13-17(14)10-7-5-9(6-8-10)11-3-1-2-4-12(11)18(15)16/h1-8H,(H,13,14)(H,15,16)/p-2. The van der Waals surface area contributed by atoms with Crippen LogP contribution in [-0.2, 0) is 22.2 Å². The van der Waals surface area contributed by atoms with Gasteiger partial charge in [-0.1, -0.05) is 30.3 Å². The van der Waals surface area contributed by atoms with Crippen LogP contribution in [0, 0.1) is 0 Å². The summed E-state index contributed by atoms with van der Waals surface area (Å²) in [6, 6.07) is 12.6. The van der Waals surface area contributed by atoms with Crippen molar-refractivity contribution in [2.24, 2.45) is 0 Å². The minimum atomic E-state index is -2.33. The van der Waals surface area contributed by atoms with Crippen LogP contribution in [0.3, 0.4) is 0 Å². The molecule has 6 heteroatoms. The van der Waals surface area contributed by atoms with E-state index in [1.807, 2.05) is 0 Å². The van der Waals surface area contributed by atoms with Gasteiger partial charge < -0.3 is 9.11 Å². The topological polar surface area (TPSA) is 80.3 Å². The number of hydrogen-bond acceptors (Lipinski definition) is 4. The lowest BCUT2D eigenvalue weighted by atomic mass is 10.1. The zero-order chi connectivity index (χ0) is 13.1. The van der Waals surface area contributed by atoms with Crippen LogP contribution in [-0.4, -0.2) is 17.5 Å². The maximum Gasteiger partial charge on any atom is 0.0327 e. The van der Waals surface area contributed by atoms with Crippen molar-refractivity contribution in [2.45, 2.75) is 9.79 Å². The second kappa shape index (κ2) is 5.53. The fraction of sp³-hybridized carbons (Fsp3) is 0. The highest BCUT2D eigenvalue weighted by atomic mass is 32.2. The Morgan fingerprint density at radius 2 is 1.39 bits per heavy atom. The molecule has 2 aromatic carbocycles. The van der Waals surface area contributed by atoms with Gasteiger partial charge in [-0.25, -0.2) is 0 Å². The van der Waals surface area contributed by atoms with E-state index in [1.165, 1.54) is 18.2 Å². The van der Waals surface area contributed by atoms with Crippen LogP contribution in [0.1, 0.15) is 0 Å². The fourth-order valence-electron chi connectivity index (χ4n) is 1.60. The van der Waals surface area contributed by atoms with E-state index < -0.39 is 22.2 Å². The van der Waals surface area contributed by atoms with Crippen LogP contribution in [0.15, 0.2) is 58.3 Å². The monoisotopic (exact) mass is 280 g/mol. The average molecular weight is 280 g/mol. The van der Waals surface area contributed by atoms with E-state index in [9.17, 15) is 17.5 Å². The lowest BCUT2D eigenvalue weighted by Gasteiger charge is -2.12. The summed E-state index contributed by atoms with van der Waals surface area (Å²) in [6.45, 7) is 0. The first-order chi connectivity index (χ1) is 8.59. The Kier molecular flexibility index (Phi) is 4.03. The third kappa shape index (κ3) is 2.73. The maximum absolute atomic E-state index is 11.1. The van der Waals surface area contributed by atoms with Gasteiger partial charge in [-0.3, -0.25) is 8.42 Å². The summed E-state index contributed by atoms with van der Waals surface area (Å²) in [7, 11) is 0. The van der Waals surface area contributed by atoms with Gasteiger partial charge in [-0.15, -0.1) is 0 Å². The fourth-order valence-corrected chi connectivity index (χ4v) is 2.51. The van der Waals surface area contributed by atoms with Crippen molar-refractivity contribution in [2.75, 3.05) is 0 Å². The summed E-state index contributed by atoms with van der Waals surface area (Å²) < 4.78 is 43.6. The Morgan fingerprint density at radius 3 is 1.94 bits per heavy atom. The molecule has 0 amide bonds. The molecule has 4 nitrogen and oxygen atoms in total. The molecule has 0 heterocycles. The number of benzene rings is 2.